The molecule has 0 spiro atoms. The molecule has 0 atom stereocenters. The highest BCUT2D eigenvalue weighted by Gasteiger charge is 2.20. The van der Waals surface area contributed by atoms with Crippen molar-refractivity contribution in [2.24, 2.45) is 4.99 Å². The lowest BCUT2D eigenvalue weighted by Gasteiger charge is -2.32. The quantitative estimate of drug-likeness (QED) is 0.236. The molecule has 0 aliphatic carbocycles. The van der Waals surface area contributed by atoms with Gasteiger partial charge in [0.05, 0.1) is 12.0 Å². The second kappa shape index (κ2) is 12.4. The number of halogens is 1. The number of likely N-dealkylation sites (tertiary alicyclic amines) is 1. The zero-order valence-corrected chi connectivity index (χ0v) is 21.2. The molecule has 1 saturated heterocycles. The highest BCUT2D eigenvalue weighted by atomic mass is 127. The number of hydrogen-bond donors (Lipinski definition) is 3. The molecule has 3 heterocycles. The molecule has 2 aromatic heterocycles. The van der Waals surface area contributed by atoms with Gasteiger partial charge in [0.2, 0.25) is 5.82 Å². The number of sulfone groups is 1. The second-order valence-electron chi connectivity index (χ2n) is 7.48. The van der Waals surface area contributed by atoms with E-state index in [1.54, 1.807) is 12.3 Å². The van der Waals surface area contributed by atoms with Crippen molar-refractivity contribution >= 4 is 39.8 Å². The Labute approximate surface area is 200 Å². The molecule has 0 aromatic carbocycles. The number of aromatic amines is 1. The van der Waals surface area contributed by atoms with Crippen LogP contribution in [0, 0.1) is 0 Å². The summed E-state index contributed by atoms with van der Waals surface area (Å²) in [6.07, 6.45) is 5.46. The maximum absolute atomic E-state index is 11.3. The van der Waals surface area contributed by atoms with E-state index in [-0.39, 0.29) is 29.7 Å². The van der Waals surface area contributed by atoms with Gasteiger partial charge in [0, 0.05) is 51.4 Å². The van der Waals surface area contributed by atoms with Crippen LogP contribution in [0.1, 0.15) is 25.6 Å². The number of aromatic nitrogens is 3. The van der Waals surface area contributed by atoms with Crippen LogP contribution < -0.4 is 10.6 Å². The van der Waals surface area contributed by atoms with E-state index in [1.165, 1.54) is 6.26 Å². The van der Waals surface area contributed by atoms with Crippen molar-refractivity contribution in [3.8, 4) is 11.6 Å². The SMILES string of the molecule is CCNC(=NCCc1nc(-c2ccco2)n[nH]1)NC1CCN(CCS(C)(=O)=O)CC1.I. The average molecular weight is 565 g/mol. The Morgan fingerprint density at radius 1 is 1.39 bits per heavy atom. The molecule has 3 N–H and O–H groups in total. The maximum Gasteiger partial charge on any atom is 0.216 e. The van der Waals surface area contributed by atoms with Crippen LogP contribution in [0.15, 0.2) is 27.8 Å². The average Bonchev–Trinajstić information content (AvgIpc) is 3.39. The monoisotopic (exact) mass is 565 g/mol. The number of nitrogens with one attached hydrogen (secondary N) is 3. The Bertz CT molecular complexity index is 907. The minimum absolute atomic E-state index is 0. The summed E-state index contributed by atoms with van der Waals surface area (Å²) in [6.45, 7) is 5.79. The zero-order valence-electron chi connectivity index (χ0n) is 18.0. The molecule has 2 aromatic rings. The number of guanidine groups is 1. The fourth-order valence-electron chi connectivity index (χ4n) is 3.31. The van der Waals surface area contributed by atoms with Crippen LogP contribution in [-0.4, -0.2) is 85.2 Å². The predicted molar refractivity (Wildman–Crippen MR) is 131 cm³/mol. The molecule has 0 radical (unpaired) electrons. The minimum Gasteiger partial charge on any atom is -0.461 e. The first-order chi connectivity index (χ1) is 14.4. The van der Waals surface area contributed by atoms with E-state index in [4.69, 9.17) is 4.42 Å². The number of rotatable bonds is 9. The Hall–Kier alpha value is -1.67. The van der Waals surface area contributed by atoms with E-state index in [2.05, 4.69) is 35.7 Å². The molecule has 174 valence electrons. The smallest absolute Gasteiger partial charge is 0.216 e. The highest BCUT2D eigenvalue weighted by Crippen LogP contribution is 2.14. The Morgan fingerprint density at radius 2 is 2.16 bits per heavy atom. The molecule has 31 heavy (non-hydrogen) atoms. The molecule has 3 rings (SSSR count). The van der Waals surface area contributed by atoms with Crippen molar-refractivity contribution in [1.82, 2.24) is 30.7 Å². The first-order valence-corrected chi connectivity index (χ1v) is 12.4. The summed E-state index contributed by atoms with van der Waals surface area (Å²) in [6, 6.07) is 3.96. The van der Waals surface area contributed by atoms with E-state index >= 15 is 0 Å². The van der Waals surface area contributed by atoms with Gasteiger partial charge < -0.3 is 20.0 Å². The molecular weight excluding hydrogens is 533 g/mol. The molecule has 0 amide bonds. The third kappa shape index (κ3) is 8.77. The molecular formula is C19H32IN7O3S. The molecule has 10 nitrogen and oxygen atoms in total. The molecule has 1 fully saturated rings. The predicted octanol–water partition coefficient (Wildman–Crippen LogP) is 1.29. The lowest BCUT2D eigenvalue weighted by Crippen LogP contribution is -2.49. The Balaban J connectivity index is 0.00000341. The van der Waals surface area contributed by atoms with E-state index in [0.717, 1.165) is 44.3 Å². The Kier molecular flexibility index (Phi) is 10.2. The lowest BCUT2D eigenvalue weighted by molar-refractivity contribution is 0.216. The zero-order chi connectivity index (χ0) is 21.4. The van der Waals surface area contributed by atoms with E-state index < -0.39 is 9.84 Å². The number of hydrogen-bond acceptors (Lipinski definition) is 7. The van der Waals surface area contributed by atoms with Gasteiger partial charge in [-0.05, 0) is 31.9 Å². The summed E-state index contributed by atoms with van der Waals surface area (Å²) < 4.78 is 28.0. The molecule has 1 aliphatic heterocycles. The van der Waals surface area contributed by atoms with Crippen molar-refractivity contribution in [1.29, 1.82) is 0 Å². The maximum atomic E-state index is 11.3. The van der Waals surface area contributed by atoms with Crippen LogP contribution in [0.2, 0.25) is 0 Å². The Morgan fingerprint density at radius 3 is 2.81 bits per heavy atom. The third-order valence-corrected chi connectivity index (χ3v) is 5.87. The van der Waals surface area contributed by atoms with E-state index in [0.29, 0.717) is 37.1 Å². The van der Waals surface area contributed by atoms with Gasteiger partial charge in [0.15, 0.2) is 11.7 Å². The van der Waals surface area contributed by atoms with Gasteiger partial charge in [-0.2, -0.15) is 5.10 Å². The minimum atomic E-state index is -2.91. The van der Waals surface area contributed by atoms with Crippen LogP contribution in [0.5, 0.6) is 0 Å². The summed E-state index contributed by atoms with van der Waals surface area (Å²) in [5.74, 6) is 2.96. The largest absolute Gasteiger partial charge is 0.461 e. The summed E-state index contributed by atoms with van der Waals surface area (Å²) in [7, 11) is -2.91. The van der Waals surface area contributed by atoms with Gasteiger partial charge in [-0.25, -0.2) is 13.4 Å². The molecule has 12 heteroatoms. The summed E-state index contributed by atoms with van der Waals surface area (Å²) >= 11 is 0. The van der Waals surface area contributed by atoms with Crippen LogP contribution in [0.25, 0.3) is 11.6 Å². The third-order valence-electron chi connectivity index (χ3n) is 4.94. The van der Waals surface area contributed by atoms with Gasteiger partial charge >= 0.3 is 0 Å². The number of nitrogens with zero attached hydrogens (tertiary/aromatic N) is 4. The lowest BCUT2D eigenvalue weighted by atomic mass is 10.1. The molecule has 0 unspecified atom stereocenters. The fourth-order valence-corrected chi connectivity index (χ4v) is 3.90. The van der Waals surface area contributed by atoms with E-state index in [1.807, 2.05) is 13.0 Å². The second-order valence-corrected chi connectivity index (χ2v) is 9.74. The normalized spacial score (nSPS) is 16.1. The molecule has 0 saturated carbocycles. The summed E-state index contributed by atoms with van der Waals surface area (Å²) in [5.41, 5.74) is 0. The number of H-pyrrole nitrogens is 1. The van der Waals surface area contributed by atoms with Gasteiger partial charge in [-0.1, -0.05) is 0 Å². The van der Waals surface area contributed by atoms with Gasteiger partial charge in [-0.15, -0.1) is 24.0 Å². The van der Waals surface area contributed by atoms with Crippen molar-refractivity contribution in [3.05, 3.63) is 24.2 Å². The van der Waals surface area contributed by atoms with Gasteiger partial charge in [0.25, 0.3) is 0 Å². The van der Waals surface area contributed by atoms with E-state index in [9.17, 15) is 8.42 Å². The number of furan rings is 1. The standard InChI is InChI=1S/C19H31N7O3S.HI/c1-3-20-19(22-15-7-10-26(11-8-15)12-14-30(2,27)28)21-9-6-17-23-18(25-24-17)16-5-4-13-29-16;/h4-5,13,15H,3,6-12,14H2,1-2H3,(H2,20,21,22)(H,23,24,25);1H. The molecule has 1 aliphatic rings. The summed E-state index contributed by atoms with van der Waals surface area (Å²) in [5, 5.41) is 13.9. The van der Waals surface area contributed by atoms with Crippen LogP contribution in [0.3, 0.4) is 0 Å². The van der Waals surface area contributed by atoms with Crippen molar-refractivity contribution in [3.63, 3.8) is 0 Å². The first-order valence-electron chi connectivity index (χ1n) is 10.3. The van der Waals surface area contributed by atoms with Gasteiger partial charge in [-0.3, -0.25) is 10.1 Å². The van der Waals surface area contributed by atoms with Crippen LogP contribution >= 0.6 is 24.0 Å². The van der Waals surface area contributed by atoms with Crippen LogP contribution in [0.4, 0.5) is 0 Å². The number of piperidine rings is 1. The van der Waals surface area contributed by atoms with Crippen LogP contribution in [-0.2, 0) is 16.3 Å². The summed E-state index contributed by atoms with van der Waals surface area (Å²) in [4.78, 5) is 11.3. The fraction of sp³-hybridized carbons (Fsp3) is 0.632. The van der Waals surface area contributed by atoms with Crippen molar-refractivity contribution < 1.29 is 12.8 Å². The highest BCUT2D eigenvalue weighted by molar-refractivity contribution is 14.0. The van der Waals surface area contributed by atoms with Crippen molar-refractivity contribution in [2.75, 3.05) is 44.7 Å². The number of aliphatic imine (C=N–C) groups is 1. The van der Waals surface area contributed by atoms with Crippen molar-refractivity contribution in [2.45, 2.75) is 32.2 Å². The van der Waals surface area contributed by atoms with Gasteiger partial charge in [0.1, 0.15) is 15.7 Å². The molecule has 0 bridgehead atoms. The topological polar surface area (TPSA) is 129 Å². The first kappa shape index (κ1) is 25.6.